The molecule has 1 rings (SSSR count). The van der Waals surface area contributed by atoms with Crippen LogP contribution in [0.4, 0.5) is 8.78 Å². The molecule has 1 aromatic heterocycles. The van der Waals surface area contributed by atoms with Gasteiger partial charge in [0.2, 0.25) is 0 Å². The van der Waals surface area contributed by atoms with Crippen LogP contribution in [0.3, 0.4) is 0 Å². The predicted octanol–water partition coefficient (Wildman–Crippen LogP) is 2.85. The number of halogens is 4. The average Bonchev–Trinajstić information content (AvgIpc) is 2.16. The lowest BCUT2D eigenvalue weighted by atomic mass is 10.1. The summed E-state index contributed by atoms with van der Waals surface area (Å²) in [6.45, 7) is -0.303. The predicted molar refractivity (Wildman–Crippen MR) is 57.4 cm³/mol. The van der Waals surface area contributed by atoms with Gasteiger partial charge in [-0.1, -0.05) is 0 Å². The Bertz CT molecular complexity index is 335. The first kappa shape index (κ1) is 12.1. The van der Waals surface area contributed by atoms with Crippen molar-refractivity contribution >= 4 is 34.2 Å². The summed E-state index contributed by atoms with van der Waals surface area (Å²) in [5, 5.41) is 9.00. The van der Waals surface area contributed by atoms with Gasteiger partial charge in [-0.15, -0.1) is 11.6 Å². The van der Waals surface area contributed by atoms with Gasteiger partial charge in [0, 0.05) is 21.2 Å². The van der Waals surface area contributed by atoms with E-state index in [4.69, 9.17) is 16.7 Å². The highest BCUT2D eigenvalue weighted by Crippen LogP contribution is 2.27. The van der Waals surface area contributed by atoms with Crippen LogP contribution in [0.2, 0.25) is 0 Å². The van der Waals surface area contributed by atoms with E-state index in [1.165, 1.54) is 6.20 Å². The van der Waals surface area contributed by atoms with Gasteiger partial charge in [0.05, 0.1) is 6.61 Å². The number of aromatic nitrogens is 1. The van der Waals surface area contributed by atoms with Crippen molar-refractivity contribution in [3.63, 3.8) is 0 Å². The summed E-state index contributed by atoms with van der Waals surface area (Å²) in [4.78, 5) is 3.60. The van der Waals surface area contributed by atoms with E-state index in [9.17, 15) is 8.78 Å². The molecular formula is C8H7ClF2INO. The fourth-order valence-corrected chi connectivity index (χ4v) is 2.02. The lowest BCUT2D eigenvalue weighted by molar-refractivity contribution is 0.144. The maximum Gasteiger partial charge on any atom is 0.280 e. The zero-order chi connectivity index (χ0) is 10.7. The molecule has 0 bridgehead atoms. The van der Waals surface area contributed by atoms with Crippen molar-refractivity contribution in [3.05, 3.63) is 26.6 Å². The Morgan fingerprint density at radius 3 is 2.57 bits per heavy atom. The van der Waals surface area contributed by atoms with Gasteiger partial charge in [-0.05, 0) is 28.2 Å². The zero-order valence-corrected chi connectivity index (χ0v) is 9.89. The molecule has 0 aliphatic rings. The number of rotatable bonds is 3. The molecule has 0 amide bonds. The van der Waals surface area contributed by atoms with Gasteiger partial charge in [-0.2, -0.15) is 0 Å². The first-order valence-corrected chi connectivity index (χ1v) is 5.34. The molecular weight excluding hydrogens is 326 g/mol. The first-order chi connectivity index (χ1) is 6.61. The van der Waals surface area contributed by atoms with E-state index in [-0.39, 0.29) is 23.7 Å². The fourth-order valence-electron chi connectivity index (χ4n) is 1.09. The number of alkyl halides is 3. The van der Waals surface area contributed by atoms with E-state index in [0.717, 1.165) is 0 Å². The summed E-state index contributed by atoms with van der Waals surface area (Å²) >= 11 is 7.47. The molecule has 0 aromatic carbocycles. The van der Waals surface area contributed by atoms with Crippen LogP contribution in [0.1, 0.15) is 23.2 Å². The standard InChI is InChI=1S/C8H7ClF2INO/c9-1-4-5(3-14)6(12)2-13-7(4)8(10)11/h2,8,14H,1,3H2. The third-order valence-electron chi connectivity index (χ3n) is 1.78. The van der Waals surface area contributed by atoms with E-state index >= 15 is 0 Å². The molecule has 0 saturated carbocycles. The molecule has 0 aliphatic carbocycles. The Morgan fingerprint density at radius 1 is 1.50 bits per heavy atom. The van der Waals surface area contributed by atoms with Crippen LogP contribution in [0.5, 0.6) is 0 Å². The highest BCUT2D eigenvalue weighted by atomic mass is 127. The normalized spacial score (nSPS) is 11.0. The Balaban J connectivity index is 3.33. The molecule has 0 spiro atoms. The average molecular weight is 334 g/mol. The second-order valence-electron chi connectivity index (χ2n) is 2.54. The van der Waals surface area contributed by atoms with Gasteiger partial charge in [-0.25, -0.2) is 8.78 Å². The highest BCUT2D eigenvalue weighted by molar-refractivity contribution is 14.1. The van der Waals surface area contributed by atoms with Crippen molar-refractivity contribution in [2.24, 2.45) is 0 Å². The molecule has 2 nitrogen and oxygen atoms in total. The number of hydrogen-bond donors (Lipinski definition) is 1. The van der Waals surface area contributed by atoms with Crippen molar-refractivity contribution in [3.8, 4) is 0 Å². The summed E-state index contributed by atoms with van der Waals surface area (Å²) in [5.74, 6) is -0.0700. The van der Waals surface area contributed by atoms with E-state index in [0.29, 0.717) is 9.13 Å². The summed E-state index contributed by atoms with van der Waals surface area (Å²) < 4.78 is 25.6. The number of aliphatic hydroxyl groups excluding tert-OH is 1. The van der Waals surface area contributed by atoms with Crippen molar-refractivity contribution in [1.82, 2.24) is 4.98 Å². The quantitative estimate of drug-likeness (QED) is 0.681. The third-order valence-corrected chi connectivity index (χ3v) is 2.97. The van der Waals surface area contributed by atoms with Crippen LogP contribution < -0.4 is 0 Å². The molecule has 0 fully saturated rings. The van der Waals surface area contributed by atoms with Crippen LogP contribution in [0, 0.1) is 3.57 Å². The minimum atomic E-state index is -2.66. The fraction of sp³-hybridized carbons (Fsp3) is 0.375. The van der Waals surface area contributed by atoms with Crippen LogP contribution in [-0.4, -0.2) is 10.1 Å². The summed E-state index contributed by atoms with van der Waals surface area (Å²) in [6, 6.07) is 0. The van der Waals surface area contributed by atoms with Gasteiger partial charge in [0.15, 0.2) is 0 Å². The molecule has 1 heterocycles. The molecule has 1 aromatic rings. The number of hydrogen-bond acceptors (Lipinski definition) is 2. The van der Waals surface area contributed by atoms with Gasteiger partial charge in [0.1, 0.15) is 5.69 Å². The molecule has 6 heteroatoms. The second-order valence-corrected chi connectivity index (χ2v) is 3.97. The maximum atomic E-state index is 12.5. The molecule has 0 unspecified atom stereocenters. The van der Waals surface area contributed by atoms with E-state index in [2.05, 4.69) is 4.98 Å². The Morgan fingerprint density at radius 2 is 2.14 bits per heavy atom. The van der Waals surface area contributed by atoms with E-state index in [1.54, 1.807) is 0 Å². The van der Waals surface area contributed by atoms with Crippen molar-refractivity contribution in [2.75, 3.05) is 0 Å². The van der Waals surface area contributed by atoms with Crippen molar-refractivity contribution in [1.29, 1.82) is 0 Å². The number of pyridine rings is 1. The number of aliphatic hydroxyl groups is 1. The topological polar surface area (TPSA) is 33.1 Å². The van der Waals surface area contributed by atoms with E-state index in [1.807, 2.05) is 22.6 Å². The zero-order valence-electron chi connectivity index (χ0n) is 6.98. The minimum Gasteiger partial charge on any atom is -0.392 e. The lowest BCUT2D eigenvalue weighted by Gasteiger charge is -2.11. The van der Waals surface area contributed by atoms with Crippen molar-refractivity contribution in [2.45, 2.75) is 18.9 Å². The largest absolute Gasteiger partial charge is 0.392 e. The van der Waals surface area contributed by atoms with E-state index < -0.39 is 6.43 Å². The molecule has 0 atom stereocenters. The summed E-state index contributed by atoms with van der Waals surface area (Å²) in [7, 11) is 0. The summed E-state index contributed by atoms with van der Waals surface area (Å²) in [5.41, 5.74) is 0.325. The van der Waals surface area contributed by atoms with Gasteiger partial charge in [0.25, 0.3) is 6.43 Å². The Hall–Kier alpha value is -0.0100. The smallest absolute Gasteiger partial charge is 0.280 e. The molecule has 0 radical (unpaired) electrons. The minimum absolute atomic E-state index is 0.0700. The van der Waals surface area contributed by atoms with Crippen LogP contribution in [-0.2, 0) is 12.5 Å². The maximum absolute atomic E-state index is 12.5. The first-order valence-electron chi connectivity index (χ1n) is 3.73. The Labute approximate surface area is 98.4 Å². The van der Waals surface area contributed by atoms with Crippen LogP contribution in [0.15, 0.2) is 6.20 Å². The van der Waals surface area contributed by atoms with Gasteiger partial charge < -0.3 is 5.11 Å². The summed E-state index contributed by atoms with van der Waals surface area (Å²) in [6.07, 6.45) is -1.35. The molecule has 1 N–H and O–H groups in total. The molecule has 0 saturated heterocycles. The monoisotopic (exact) mass is 333 g/mol. The molecule has 0 aliphatic heterocycles. The third kappa shape index (κ3) is 2.32. The van der Waals surface area contributed by atoms with Crippen LogP contribution >= 0.6 is 34.2 Å². The van der Waals surface area contributed by atoms with Gasteiger partial charge >= 0.3 is 0 Å². The SMILES string of the molecule is OCc1c(I)cnc(C(F)F)c1CCl. The molecule has 78 valence electrons. The number of nitrogens with zero attached hydrogens (tertiary/aromatic N) is 1. The Kier molecular flexibility index (Phi) is 4.46. The van der Waals surface area contributed by atoms with Crippen molar-refractivity contribution < 1.29 is 13.9 Å². The lowest BCUT2D eigenvalue weighted by Crippen LogP contribution is -2.04. The van der Waals surface area contributed by atoms with Crippen LogP contribution in [0.25, 0.3) is 0 Å². The van der Waals surface area contributed by atoms with Gasteiger partial charge in [-0.3, -0.25) is 4.98 Å². The highest BCUT2D eigenvalue weighted by Gasteiger charge is 2.18. The molecule has 14 heavy (non-hydrogen) atoms. The second kappa shape index (κ2) is 5.18.